The molecule has 5 heterocycles. The smallest absolute Gasteiger partial charge is 0.243 e. The molecule has 0 spiro atoms. The van der Waals surface area contributed by atoms with E-state index >= 15 is 0 Å². The van der Waals surface area contributed by atoms with Gasteiger partial charge in [-0.15, -0.1) is 23.4 Å². The van der Waals surface area contributed by atoms with Crippen molar-refractivity contribution in [1.29, 1.82) is 0 Å². The molecule has 12 atom stereocenters. The lowest BCUT2D eigenvalue weighted by Gasteiger charge is -2.45. The van der Waals surface area contributed by atoms with Gasteiger partial charge >= 0.3 is 0 Å². The van der Waals surface area contributed by atoms with Crippen molar-refractivity contribution in [1.82, 2.24) is 31.5 Å². The Kier molecular flexibility index (Phi) is 10.1. The topological polar surface area (TPSA) is 116 Å². The second-order valence-electron chi connectivity index (χ2n) is 11.9. The molecule has 0 aromatic carbocycles. The Hall–Kier alpha value is -0.800. The van der Waals surface area contributed by atoms with E-state index in [-0.39, 0.29) is 70.5 Å². The summed E-state index contributed by atoms with van der Waals surface area (Å²) in [6, 6.07) is -0.623. The molecule has 5 fully saturated rings. The molecule has 228 valence electrons. The summed E-state index contributed by atoms with van der Waals surface area (Å²) in [6.07, 6.45) is -1.14. The molecule has 0 aliphatic carbocycles. The lowest BCUT2D eigenvalue weighted by atomic mass is 9.70. The number of nitrogens with one attached hydrogen (secondary N) is 5. The summed E-state index contributed by atoms with van der Waals surface area (Å²) in [4.78, 5) is 28.5. The van der Waals surface area contributed by atoms with Crippen molar-refractivity contribution < 1.29 is 27.8 Å². The van der Waals surface area contributed by atoms with Gasteiger partial charge in [-0.1, -0.05) is 0 Å². The summed E-state index contributed by atoms with van der Waals surface area (Å²) in [5.41, 5.74) is -0.403. The van der Waals surface area contributed by atoms with Crippen LogP contribution in [0.2, 0.25) is 0 Å². The number of fused-ring (bicyclic) bond motifs is 1. The van der Waals surface area contributed by atoms with Crippen LogP contribution in [-0.2, 0) is 19.1 Å². The Bertz CT molecular complexity index is 899. The number of piperidine rings is 3. The monoisotopic (exact) mass is 608 g/mol. The molecule has 0 radical (unpaired) electrons. The van der Waals surface area contributed by atoms with Crippen LogP contribution in [0.25, 0.3) is 0 Å². The summed E-state index contributed by atoms with van der Waals surface area (Å²) >= 11 is 8.05. The summed E-state index contributed by atoms with van der Waals surface area (Å²) in [5, 5.41) is 16.5. The molecule has 10 nitrogen and oxygen atoms in total. The van der Waals surface area contributed by atoms with E-state index in [1.807, 2.05) is 0 Å². The number of halogens is 3. The van der Waals surface area contributed by atoms with Gasteiger partial charge in [0.15, 0.2) is 0 Å². The minimum atomic E-state index is -2.60. The maximum atomic E-state index is 13.8. The van der Waals surface area contributed by atoms with Crippen LogP contribution in [-0.4, -0.2) is 117 Å². The third-order valence-electron chi connectivity index (χ3n) is 9.49. The van der Waals surface area contributed by atoms with Gasteiger partial charge in [0.1, 0.15) is 5.50 Å². The van der Waals surface area contributed by atoms with Gasteiger partial charge in [-0.25, -0.2) is 8.78 Å². The number of carbonyl (C=O) groups excluding carboxylic acids is 2. The summed E-state index contributed by atoms with van der Waals surface area (Å²) in [5.74, 6) is -1.24. The number of thioether (sulfide) groups is 1. The number of hydrogen-bond donors (Lipinski definition) is 5. The van der Waals surface area contributed by atoms with E-state index in [2.05, 4.69) is 33.5 Å². The third kappa shape index (κ3) is 6.56. The molecule has 5 saturated heterocycles. The number of amides is 2. The van der Waals surface area contributed by atoms with Crippen molar-refractivity contribution in [2.24, 2.45) is 23.7 Å². The molecule has 5 aliphatic rings. The number of nitrogens with zero attached hydrogens (tertiary/aromatic N) is 1. The van der Waals surface area contributed by atoms with E-state index in [1.54, 1.807) is 23.8 Å². The van der Waals surface area contributed by atoms with Gasteiger partial charge in [0, 0.05) is 70.2 Å². The Balaban J connectivity index is 1.16. The molecule has 12 unspecified atom stereocenters. The molecule has 5 N–H and O–H groups in total. The van der Waals surface area contributed by atoms with Crippen molar-refractivity contribution in [3.63, 3.8) is 0 Å². The number of ether oxygens (including phenoxy) is 2. The molecule has 0 bridgehead atoms. The van der Waals surface area contributed by atoms with Gasteiger partial charge in [-0.3, -0.25) is 20.2 Å². The van der Waals surface area contributed by atoms with Crippen molar-refractivity contribution >= 4 is 35.2 Å². The number of rotatable bonds is 7. The minimum Gasteiger partial charge on any atom is -0.380 e. The molecule has 14 heteroatoms. The maximum Gasteiger partial charge on any atom is 0.243 e. The summed E-state index contributed by atoms with van der Waals surface area (Å²) in [7, 11) is 3.22. The molecule has 0 aromatic heterocycles. The number of methoxy groups -OCH3 is 2. The molecule has 0 saturated carbocycles. The second kappa shape index (κ2) is 13.2. The molecule has 0 aromatic rings. The lowest BCUT2D eigenvalue weighted by Crippen LogP contribution is -2.58. The molecular weight excluding hydrogens is 566 g/mol. The van der Waals surface area contributed by atoms with Crippen molar-refractivity contribution in [3.8, 4) is 0 Å². The predicted octanol–water partition coefficient (Wildman–Crippen LogP) is 0.364. The van der Waals surface area contributed by atoms with Crippen molar-refractivity contribution in [2.45, 2.75) is 79.2 Å². The summed E-state index contributed by atoms with van der Waals surface area (Å²) in [6.45, 7) is 4.68. The normalized spacial score (nSPS) is 44.0. The van der Waals surface area contributed by atoms with Crippen LogP contribution in [0.5, 0.6) is 0 Å². The van der Waals surface area contributed by atoms with E-state index in [0.717, 1.165) is 12.8 Å². The van der Waals surface area contributed by atoms with E-state index in [9.17, 15) is 18.4 Å². The highest BCUT2D eigenvalue weighted by Gasteiger charge is 2.49. The van der Waals surface area contributed by atoms with E-state index in [1.165, 1.54) is 7.11 Å². The van der Waals surface area contributed by atoms with Crippen molar-refractivity contribution in [2.75, 3.05) is 46.9 Å². The van der Waals surface area contributed by atoms with Crippen LogP contribution < -0.4 is 26.6 Å². The van der Waals surface area contributed by atoms with Gasteiger partial charge in [-0.05, 0) is 38.0 Å². The van der Waals surface area contributed by atoms with Crippen LogP contribution in [0.3, 0.4) is 0 Å². The van der Waals surface area contributed by atoms with Gasteiger partial charge < -0.3 is 30.3 Å². The lowest BCUT2D eigenvalue weighted by molar-refractivity contribution is -0.138. The Morgan fingerprint density at radius 1 is 1.02 bits per heavy atom. The fourth-order valence-electron chi connectivity index (χ4n) is 7.27. The van der Waals surface area contributed by atoms with Gasteiger partial charge in [0.2, 0.25) is 18.2 Å². The average molecular weight is 609 g/mol. The first-order valence-corrected chi connectivity index (χ1v) is 15.7. The highest BCUT2D eigenvalue weighted by Crippen LogP contribution is 2.39. The first-order chi connectivity index (χ1) is 19.2. The summed E-state index contributed by atoms with van der Waals surface area (Å²) < 4.78 is 38.6. The Morgan fingerprint density at radius 3 is 2.52 bits per heavy atom. The Labute approximate surface area is 244 Å². The first-order valence-electron chi connectivity index (χ1n) is 14.4. The zero-order chi connectivity index (χ0) is 28.6. The zero-order valence-electron chi connectivity index (χ0n) is 23.3. The number of likely N-dealkylation sites (tertiary alicyclic amines) is 1. The fraction of sp³-hybridized carbons (Fsp3) is 0.923. The molecule has 5 rings (SSSR count). The van der Waals surface area contributed by atoms with Crippen LogP contribution in [0.1, 0.15) is 26.2 Å². The van der Waals surface area contributed by atoms with E-state index in [4.69, 9.17) is 21.1 Å². The predicted molar refractivity (Wildman–Crippen MR) is 149 cm³/mol. The molecular formula is C26H43ClF2N6O4S. The van der Waals surface area contributed by atoms with Crippen LogP contribution in [0.15, 0.2) is 0 Å². The highest BCUT2D eigenvalue weighted by atomic mass is 35.5. The Morgan fingerprint density at radius 2 is 1.82 bits per heavy atom. The van der Waals surface area contributed by atoms with E-state index in [0.29, 0.717) is 38.8 Å². The highest BCUT2D eigenvalue weighted by molar-refractivity contribution is 8.00. The fourth-order valence-corrected chi connectivity index (χ4v) is 8.98. The largest absolute Gasteiger partial charge is 0.380 e. The third-order valence-corrected chi connectivity index (χ3v) is 11.2. The first kappa shape index (κ1) is 30.7. The van der Waals surface area contributed by atoms with Gasteiger partial charge in [0.25, 0.3) is 0 Å². The number of alkyl halides is 3. The standard InChI is InChI=1S/C26H43ClF2N6O4S/c1-12-4-14(15-6-21(27)31-9-19(15)39-3)17(8-30-12)24(36)34-26-33-18-10-35(11-20(18)40-26)25(37)22-16(23(28)29)5-13(38-2)7-32-22/h12-23,26,30-33H,4-11H2,1-3H3,(H,34,36). The van der Waals surface area contributed by atoms with E-state index < -0.39 is 18.4 Å². The second-order valence-corrected chi connectivity index (χ2v) is 13.8. The molecule has 40 heavy (non-hydrogen) atoms. The SMILES string of the molecule is COC1CNC(C(=O)N2CC3NC(NC(=O)C4CNC(C)CC4C4CC(Cl)NCC4OC)SC3C2)C(C(F)F)C1. The number of hydrogen-bond acceptors (Lipinski definition) is 9. The zero-order valence-corrected chi connectivity index (χ0v) is 24.9. The van der Waals surface area contributed by atoms with Crippen molar-refractivity contribution in [3.05, 3.63) is 0 Å². The maximum absolute atomic E-state index is 13.8. The van der Waals surface area contributed by atoms with Crippen LogP contribution >= 0.6 is 23.4 Å². The van der Waals surface area contributed by atoms with Crippen LogP contribution in [0, 0.1) is 23.7 Å². The molecule has 2 amide bonds. The molecule has 5 aliphatic heterocycles. The average Bonchev–Trinajstić information content (AvgIpc) is 3.51. The van der Waals surface area contributed by atoms with Gasteiger partial charge in [-0.2, -0.15) is 0 Å². The quantitative estimate of drug-likeness (QED) is 0.206. The number of carbonyl (C=O) groups is 2. The minimum absolute atomic E-state index is 0.000641. The van der Waals surface area contributed by atoms with Crippen LogP contribution in [0.4, 0.5) is 8.78 Å². The van der Waals surface area contributed by atoms with Gasteiger partial charge in [0.05, 0.1) is 29.7 Å².